The zero-order valence-corrected chi connectivity index (χ0v) is 17.9. The topological polar surface area (TPSA) is 74.1 Å². The third kappa shape index (κ3) is 8.31. The molecule has 0 bridgehead atoms. The molecule has 156 valence electrons. The van der Waals surface area contributed by atoms with Crippen LogP contribution in [0, 0.1) is 0 Å². The molecule has 1 aromatic carbocycles. The number of para-hydroxylation sites is 1. The van der Waals surface area contributed by atoms with Crippen molar-refractivity contribution in [3.63, 3.8) is 0 Å². The largest absolute Gasteiger partial charge is 0.348 e. The first-order valence-electron chi connectivity index (χ1n) is 9.91. The number of pyridine rings is 1. The second-order valence-electron chi connectivity index (χ2n) is 8.23. The van der Waals surface area contributed by atoms with Gasteiger partial charge in [0.15, 0.2) is 12.4 Å². The van der Waals surface area contributed by atoms with Crippen molar-refractivity contribution >= 4 is 17.5 Å². The van der Waals surface area contributed by atoms with E-state index in [0.717, 1.165) is 41.5 Å². The van der Waals surface area contributed by atoms with Crippen LogP contribution in [0.1, 0.15) is 17.5 Å². The van der Waals surface area contributed by atoms with Crippen molar-refractivity contribution < 1.29 is 18.6 Å². The fraction of sp³-hybridized carbons (Fsp3) is 0.409. The quantitative estimate of drug-likeness (QED) is 0.193. The van der Waals surface area contributed by atoms with Gasteiger partial charge >= 0.3 is 11.8 Å². The van der Waals surface area contributed by atoms with Crippen molar-refractivity contribution in [1.82, 2.24) is 10.7 Å². The number of rotatable bonds is 9. The molecule has 0 saturated heterocycles. The summed E-state index contributed by atoms with van der Waals surface area (Å²) in [7, 11) is 8.26. The Morgan fingerprint density at radius 3 is 2.34 bits per heavy atom. The number of aromatic nitrogens is 1. The minimum absolute atomic E-state index is 0.479. The number of quaternary nitrogens is 1. The van der Waals surface area contributed by atoms with E-state index < -0.39 is 11.8 Å². The lowest BCUT2D eigenvalue weighted by Gasteiger charge is -2.23. The van der Waals surface area contributed by atoms with E-state index in [1.165, 1.54) is 5.56 Å². The van der Waals surface area contributed by atoms with Crippen molar-refractivity contribution in [3.8, 4) is 0 Å². The predicted octanol–water partition coefficient (Wildman–Crippen LogP) is 0.952. The fourth-order valence-electron chi connectivity index (χ4n) is 2.85. The Kier molecular flexibility index (Phi) is 8.15. The van der Waals surface area contributed by atoms with Gasteiger partial charge in [-0.1, -0.05) is 18.2 Å². The second kappa shape index (κ2) is 10.6. The van der Waals surface area contributed by atoms with Crippen molar-refractivity contribution in [3.05, 3.63) is 59.9 Å². The first-order chi connectivity index (χ1) is 13.7. The summed E-state index contributed by atoms with van der Waals surface area (Å²) < 4.78 is 2.82. The zero-order chi connectivity index (χ0) is 21.3. The molecule has 2 amide bonds. The summed E-state index contributed by atoms with van der Waals surface area (Å²) in [6.45, 7) is 1.40. The molecule has 7 nitrogen and oxygen atoms in total. The molecule has 0 saturated carbocycles. The molecule has 1 aromatic heterocycles. The van der Waals surface area contributed by atoms with Crippen LogP contribution >= 0.6 is 0 Å². The first kappa shape index (κ1) is 22.4. The molecule has 0 atom stereocenters. The maximum Gasteiger partial charge on any atom is 0.327 e. The average molecular weight is 400 g/mol. The third-order valence-electron chi connectivity index (χ3n) is 4.56. The zero-order valence-electron chi connectivity index (χ0n) is 17.9. The van der Waals surface area contributed by atoms with Gasteiger partial charge in [0.25, 0.3) is 0 Å². The molecule has 0 spiro atoms. The van der Waals surface area contributed by atoms with Crippen molar-refractivity contribution in [2.24, 2.45) is 7.05 Å². The molecule has 0 aliphatic rings. The van der Waals surface area contributed by atoms with Crippen molar-refractivity contribution in [1.29, 1.82) is 0 Å². The minimum atomic E-state index is -0.694. The number of nitrogens with one attached hydrogen (secondary N) is 3. The van der Waals surface area contributed by atoms with Crippen LogP contribution in [0.5, 0.6) is 0 Å². The number of amides is 2. The monoisotopic (exact) mass is 399 g/mol. The number of hydrogen-bond acceptors (Lipinski definition) is 3. The second-order valence-corrected chi connectivity index (χ2v) is 8.23. The van der Waals surface area contributed by atoms with E-state index >= 15 is 0 Å². The highest BCUT2D eigenvalue weighted by atomic mass is 16.2. The maximum atomic E-state index is 12.0. The molecule has 2 rings (SSSR count). The van der Waals surface area contributed by atoms with Crippen LogP contribution in [0.2, 0.25) is 0 Å². The molecule has 3 N–H and O–H groups in total. The number of nitrogens with zero attached hydrogens (tertiary/aromatic N) is 2. The smallest absolute Gasteiger partial charge is 0.327 e. The van der Waals surface area contributed by atoms with Gasteiger partial charge in [-0.2, -0.15) is 0 Å². The number of benzene rings is 1. The third-order valence-corrected chi connectivity index (χ3v) is 4.56. The molecule has 0 aliphatic heterocycles. The van der Waals surface area contributed by atoms with E-state index in [0.29, 0.717) is 6.54 Å². The van der Waals surface area contributed by atoms with Crippen molar-refractivity contribution in [2.45, 2.75) is 19.3 Å². The van der Waals surface area contributed by atoms with Gasteiger partial charge < -0.3 is 9.80 Å². The minimum Gasteiger partial charge on any atom is -0.348 e. The number of hydrazine groups is 1. The van der Waals surface area contributed by atoms with E-state index in [9.17, 15) is 9.59 Å². The van der Waals surface area contributed by atoms with Crippen LogP contribution in [-0.2, 0) is 29.5 Å². The highest BCUT2D eigenvalue weighted by molar-refractivity contribution is 6.35. The number of aryl methyl sites for hydroxylation is 3. The molecular weight excluding hydrogens is 366 g/mol. The molecule has 0 radical (unpaired) electrons. The summed E-state index contributed by atoms with van der Waals surface area (Å²) in [5.41, 5.74) is 8.49. The Labute approximate surface area is 173 Å². The van der Waals surface area contributed by atoms with Crippen LogP contribution in [0.15, 0.2) is 48.8 Å². The lowest BCUT2D eigenvalue weighted by molar-refractivity contribution is -0.870. The van der Waals surface area contributed by atoms with E-state index in [2.05, 4.69) is 49.4 Å². The van der Waals surface area contributed by atoms with Gasteiger partial charge in [-0.15, -0.1) is 0 Å². The Hall–Kier alpha value is -2.93. The summed E-state index contributed by atoms with van der Waals surface area (Å²) in [4.78, 5) is 24.0. The Morgan fingerprint density at radius 2 is 1.66 bits per heavy atom. The Morgan fingerprint density at radius 1 is 0.966 bits per heavy atom. The highest BCUT2D eigenvalue weighted by Gasteiger charge is 2.14. The van der Waals surface area contributed by atoms with Gasteiger partial charge in [0.05, 0.1) is 33.4 Å². The molecule has 1 heterocycles. The van der Waals surface area contributed by atoms with Gasteiger partial charge in [0.1, 0.15) is 7.05 Å². The molecule has 0 fully saturated rings. The van der Waals surface area contributed by atoms with Crippen molar-refractivity contribution in [2.75, 3.05) is 39.7 Å². The summed E-state index contributed by atoms with van der Waals surface area (Å²) in [5, 5.41) is 2.65. The standard InChI is InChI=1S/C22H31N5O2/c1-26-15-12-18(13-16-26)10-11-19-8-5-6-9-20(19)24-25-22(29)21(28)23-14-7-17-27(2,3)4/h5-6,8-9,12-13,15-16H,7,10-11,14,17H2,1-4H3,(H-2,23,24,25,28,29)/p+2. The molecular formula is C22H33N5O2+2. The molecule has 2 aromatic rings. The lowest BCUT2D eigenvalue weighted by Crippen LogP contribution is -2.44. The number of carbonyl (C=O) groups excluding carboxylic acids is 2. The van der Waals surface area contributed by atoms with Crippen LogP contribution in [-0.4, -0.2) is 50.5 Å². The summed E-state index contributed by atoms with van der Waals surface area (Å²) in [6.07, 6.45) is 6.58. The van der Waals surface area contributed by atoms with Gasteiger partial charge in [-0.05, 0) is 30.0 Å². The van der Waals surface area contributed by atoms with Gasteiger partial charge in [-0.25, -0.2) is 4.57 Å². The number of hydrogen-bond donors (Lipinski definition) is 3. The first-order valence-corrected chi connectivity index (χ1v) is 9.91. The maximum absolute atomic E-state index is 12.0. The van der Waals surface area contributed by atoms with E-state index in [1.807, 2.05) is 48.3 Å². The number of carbonyl (C=O) groups is 2. The Bertz CT molecular complexity index is 813. The Balaban J connectivity index is 1.81. The van der Waals surface area contributed by atoms with E-state index in [4.69, 9.17) is 0 Å². The normalized spacial score (nSPS) is 11.0. The van der Waals surface area contributed by atoms with Gasteiger partial charge in [0.2, 0.25) is 0 Å². The van der Waals surface area contributed by atoms with Crippen LogP contribution in [0.4, 0.5) is 5.69 Å². The van der Waals surface area contributed by atoms with Crippen LogP contribution in [0.25, 0.3) is 0 Å². The fourth-order valence-corrected chi connectivity index (χ4v) is 2.85. The van der Waals surface area contributed by atoms with Gasteiger partial charge in [0, 0.05) is 25.1 Å². The van der Waals surface area contributed by atoms with Gasteiger partial charge in [-0.3, -0.25) is 20.4 Å². The summed E-state index contributed by atoms with van der Waals surface area (Å²) >= 11 is 0. The summed E-state index contributed by atoms with van der Waals surface area (Å²) in [5.74, 6) is -1.32. The summed E-state index contributed by atoms with van der Waals surface area (Å²) in [6, 6.07) is 12.0. The van der Waals surface area contributed by atoms with E-state index in [1.54, 1.807) is 0 Å². The molecule has 0 aliphatic carbocycles. The lowest BCUT2D eigenvalue weighted by atomic mass is 10.0. The van der Waals surface area contributed by atoms with E-state index in [-0.39, 0.29) is 0 Å². The predicted molar refractivity (Wildman–Crippen MR) is 114 cm³/mol. The van der Waals surface area contributed by atoms with Crippen LogP contribution in [0.3, 0.4) is 0 Å². The molecule has 29 heavy (non-hydrogen) atoms. The highest BCUT2D eigenvalue weighted by Crippen LogP contribution is 2.16. The van der Waals surface area contributed by atoms with Crippen LogP contribution < -0.4 is 20.7 Å². The number of anilines is 1. The SMILES string of the molecule is C[n+]1ccc(CCc2ccccc2NNC(=O)C(=O)NCCC[N+](C)(C)C)cc1. The molecule has 7 heteroatoms. The average Bonchev–Trinajstić information content (AvgIpc) is 2.68. The molecule has 0 unspecified atom stereocenters.